The summed E-state index contributed by atoms with van der Waals surface area (Å²) in [5, 5.41) is 0. The number of hydrogen-bond donors (Lipinski definition) is 1. The number of aliphatic imine (C=N–C) groups is 1. The van der Waals surface area contributed by atoms with Crippen molar-refractivity contribution in [2.45, 2.75) is 121 Å². The zero-order chi connectivity index (χ0) is 31.0. The third kappa shape index (κ3) is 7.52. The van der Waals surface area contributed by atoms with Gasteiger partial charge in [0.05, 0.1) is 19.3 Å². The van der Waals surface area contributed by atoms with Crippen molar-refractivity contribution in [1.82, 2.24) is 0 Å². The van der Waals surface area contributed by atoms with Crippen LogP contribution in [0.5, 0.6) is 0 Å². The van der Waals surface area contributed by atoms with Gasteiger partial charge in [-0.1, -0.05) is 133 Å². The number of anilines is 1. The largest absolute Gasteiger partial charge is 0.306 e. The SMILES string of the molecule is CC(C)c1cccc(C(C)C)c1N=C(C[P@@]1C=C(C(C)(C)C)N(c2c(C(C)C)cccc2C(C)C)[P@]1N)C(C)(C)C. The van der Waals surface area contributed by atoms with E-state index in [4.69, 9.17) is 10.5 Å². The number of benzene rings is 2. The Labute approximate surface area is 255 Å². The second-order valence-electron chi connectivity index (χ2n) is 15.0. The minimum absolute atomic E-state index is 0.0104. The summed E-state index contributed by atoms with van der Waals surface area (Å²) in [6.07, 6.45) is 0.932. The zero-order valence-corrected chi connectivity index (χ0v) is 30.2. The molecule has 1 aliphatic rings. The zero-order valence-electron chi connectivity index (χ0n) is 28.4. The van der Waals surface area contributed by atoms with E-state index in [2.05, 4.69) is 144 Å². The molecule has 3 nitrogen and oxygen atoms in total. The molecule has 0 radical (unpaired) electrons. The van der Waals surface area contributed by atoms with Crippen LogP contribution in [0.15, 0.2) is 52.9 Å². The number of allylic oxidation sites excluding steroid dienone is 1. The van der Waals surface area contributed by atoms with Gasteiger partial charge in [0.1, 0.15) is 0 Å². The topological polar surface area (TPSA) is 41.6 Å². The molecule has 1 heterocycles. The maximum Gasteiger partial charge on any atom is 0.0957 e. The molecule has 41 heavy (non-hydrogen) atoms. The minimum Gasteiger partial charge on any atom is -0.306 e. The standard InChI is InChI=1S/C36H57N3P2/c1-23(2)27-17-15-18-28(24(3)4)33(27)38-31(35(9,10)11)21-40-22-32(36(12,13)14)39(41(40)37)34-29(25(5)6)19-16-20-30(34)26(7)8/h15-20,22-26H,21,37H2,1-14H3/t40-,41-/m0/s1. The molecular formula is C36H57N3P2. The smallest absolute Gasteiger partial charge is 0.0957 e. The van der Waals surface area contributed by atoms with Crippen LogP contribution in [0.2, 0.25) is 0 Å². The summed E-state index contributed by atoms with van der Waals surface area (Å²) in [4.78, 5) is 5.59. The lowest BCUT2D eigenvalue weighted by molar-refractivity contribution is 0.500. The van der Waals surface area contributed by atoms with E-state index in [1.165, 1.54) is 45.0 Å². The Bertz CT molecular complexity index is 1220. The minimum atomic E-state index is -0.923. The van der Waals surface area contributed by atoms with Gasteiger partial charge < -0.3 is 4.67 Å². The van der Waals surface area contributed by atoms with Crippen molar-refractivity contribution >= 4 is 32.6 Å². The number of rotatable bonds is 8. The molecule has 0 amide bonds. The summed E-state index contributed by atoms with van der Waals surface area (Å²) >= 11 is 0. The van der Waals surface area contributed by atoms with Crippen LogP contribution in [0.3, 0.4) is 0 Å². The molecule has 3 rings (SSSR count). The second kappa shape index (κ2) is 13.0. The van der Waals surface area contributed by atoms with Crippen LogP contribution in [0.4, 0.5) is 11.4 Å². The molecule has 5 heteroatoms. The highest BCUT2D eigenvalue weighted by molar-refractivity contribution is 8.31. The Balaban J connectivity index is 2.21. The van der Waals surface area contributed by atoms with E-state index in [0.29, 0.717) is 23.7 Å². The van der Waals surface area contributed by atoms with Gasteiger partial charge in [-0.15, -0.1) is 0 Å². The molecule has 0 unspecified atom stereocenters. The first kappa shape index (κ1) is 34.0. The molecule has 0 aromatic heterocycles. The summed E-state index contributed by atoms with van der Waals surface area (Å²) in [6.45, 7) is 32.3. The average Bonchev–Trinajstić information content (AvgIpc) is 3.18. The number of hydrogen-bond acceptors (Lipinski definition) is 3. The van der Waals surface area contributed by atoms with Gasteiger partial charge >= 0.3 is 0 Å². The van der Waals surface area contributed by atoms with Gasteiger partial charge in [0.2, 0.25) is 0 Å². The second-order valence-corrected chi connectivity index (χ2v) is 20.3. The van der Waals surface area contributed by atoms with E-state index >= 15 is 0 Å². The first-order valence-corrected chi connectivity index (χ1v) is 19.2. The number of nitrogens with two attached hydrogens (primary N) is 1. The van der Waals surface area contributed by atoms with Crippen LogP contribution >= 0.6 is 15.5 Å². The van der Waals surface area contributed by atoms with E-state index in [1.54, 1.807) is 0 Å². The first-order chi connectivity index (χ1) is 18.9. The molecule has 0 fully saturated rings. The lowest BCUT2D eigenvalue weighted by Crippen LogP contribution is -2.27. The fraction of sp³-hybridized carbons (Fsp3) is 0.583. The maximum absolute atomic E-state index is 7.43. The molecule has 0 saturated heterocycles. The average molecular weight is 594 g/mol. The van der Waals surface area contributed by atoms with E-state index in [-0.39, 0.29) is 10.8 Å². The quantitative estimate of drug-likeness (QED) is 0.244. The molecule has 2 aromatic rings. The van der Waals surface area contributed by atoms with Crippen LogP contribution in [0, 0.1) is 10.8 Å². The van der Waals surface area contributed by atoms with Crippen LogP contribution in [0.25, 0.3) is 0 Å². The Kier molecular flexibility index (Phi) is 10.8. The Morgan fingerprint density at radius 2 is 1.15 bits per heavy atom. The monoisotopic (exact) mass is 593 g/mol. The van der Waals surface area contributed by atoms with E-state index in [0.717, 1.165) is 6.16 Å². The van der Waals surface area contributed by atoms with Gasteiger partial charge in [0.15, 0.2) is 0 Å². The first-order valence-electron chi connectivity index (χ1n) is 15.5. The van der Waals surface area contributed by atoms with Gasteiger partial charge in [-0.2, -0.15) is 0 Å². The predicted octanol–water partition coefficient (Wildman–Crippen LogP) is 12.4. The molecule has 0 saturated carbocycles. The van der Waals surface area contributed by atoms with Crippen molar-refractivity contribution in [1.29, 1.82) is 0 Å². The molecular weight excluding hydrogens is 536 g/mol. The van der Waals surface area contributed by atoms with Crippen molar-refractivity contribution < 1.29 is 0 Å². The van der Waals surface area contributed by atoms with E-state index < -0.39 is 15.5 Å². The maximum atomic E-state index is 7.43. The van der Waals surface area contributed by atoms with Crippen molar-refractivity contribution in [3.8, 4) is 0 Å². The summed E-state index contributed by atoms with van der Waals surface area (Å²) in [6, 6.07) is 13.6. The summed E-state index contributed by atoms with van der Waals surface area (Å²) in [5.41, 5.74) is 18.0. The van der Waals surface area contributed by atoms with E-state index in [1.807, 2.05) is 0 Å². The Hall–Kier alpha value is -1.53. The van der Waals surface area contributed by atoms with Crippen molar-refractivity contribution in [3.63, 3.8) is 0 Å². The van der Waals surface area contributed by atoms with E-state index in [9.17, 15) is 0 Å². The van der Waals surface area contributed by atoms with Crippen LogP contribution in [0.1, 0.15) is 143 Å². The lowest BCUT2D eigenvalue weighted by atomic mass is 9.89. The van der Waals surface area contributed by atoms with Gasteiger partial charge in [0, 0.05) is 28.4 Å². The Morgan fingerprint density at radius 1 is 0.732 bits per heavy atom. The van der Waals surface area contributed by atoms with Gasteiger partial charge in [0.25, 0.3) is 0 Å². The third-order valence-corrected chi connectivity index (χ3v) is 13.5. The lowest BCUT2D eigenvalue weighted by Gasteiger charge is -2.38. The van der Waals surface area contributed by atoms with Gasteiger partial charge in [-0.05, 0) is 59.4 Å². The molecule has 0 spiro atoms. The van der Waals surface area contributed by atoms with Gasteiger partial charge in [-0.25, -0.2) is 0 Å². The van der Waals surface area contributed by atoms with Crippen LogP contribution in [-0.2, 0) is 0 Å². The molecule has 2 atom stereocenters. The number of para-hydroxylation sites is 2. The fourth-order valence-electron chi connectivity index (χ4n) is 5.46. The molecule has 226 valence electrons. The molecule has 0 aliphatic carbocycles. The summed E-state index contributed by atoms with van der Waals surface area (Å²) in [5.74, 6) is 4.26. The van der Waals surface area contributed by atoms with Crippen LogP contribution in [-0.4, -0.2) is 11.9 Å². The van der Waals surface area contributed by atoms with Crippen LogP contribution < -0.4 is 10.2 Å². The third-order valence-electron chi connectivity index (χ3n) is 8.06. The summed E-state index contributed by atoms with van der Waals surface area (Å²) in [7, 11) is -1.53. The predicted molar refractivity (Wildman–Crippen MR) is 189 cm³/mol. The van der Waals surface area contributed by atoms with Crippen molar-refractivity contribution in [3.05, 3.63) is 70.2 Å². The molecule has 1 aliphatic heterocycles. The highest BCUT2D eigenvalue weighted by atomic mass is 32.1. The molecule has 0 bridgehead atoms. The molecule has 2 N–H and O–H groups in total. The highest BCUT2D eigenvalue weighted by Gasteiger charge is 2.41. The summed E-state index contributed by atoms with van der Waals surface area (Å²) < 4.78 is 2.59. The fourth-order valence-corrected chi connectivity index (χ4v) is 11.6. The normalized spacial score (nSPS) is 18.9. The van der Waals surface area contributed by atoms with Gasteiger partial charge in [-0.3, -0.25) is 10.5 Å². The highest BCUT2D eigenvalue weighted by Crippen LogP contribution is 2.76. The molecule has 2 aromatic carbocycles. The van der Waals surface area contributed by atoms with Crippen molar-refractivity contribution in [2.24, 2.45) is 21.3 Å². The Morgan fingerprint density at radius 3 is 1.51 bits per heavy atom. The van der Waals surface area contributed by atoms with Crippen molar-refractivity contribution in [2.75, 3.05) is 10.8 Å². The number of nitrogens with zero attached hydrogens (tertiary/aromatic N) is 2.